The molecule has 2 aromatic heterocycles. The molecule has 1 aromatic carbocycles. The standard InChI is InChI=1S/C22H29N5O/c1-25(2)11-6-13-26-14-10-23-21(26)18-8-5-12-27(16-18)22(28)20-15-17-7-3-4-9-19(17)24-20/h3-4,7,9-10,14-15,18,24H,5-6,8,11-13,16H2,1-2H3/t18-/m0/s1. The molecule has 0 bridgehead atoms. The van der Waals surface area contributed by atoms with Gasteiger partial charge in [0.05, 0.1) is 0 Å². The molecule has 1 N–H and O–H groups in total. The number of carbonyl (C=O) groups is 1. The maximum absolute atomic E-state index is 13.1. The number of amides is 1. The first-order valence-corrected chi connectivity index (χ1v) is 10.1. The van der Waals surface area contributed by atoms with Crippen molar-refractivity contribution >= 4 is 16.8 Å². The van der Waals surface area contributed by atoms with Crippen molar-refractivity contribution < 1.29 is 4.79 Å². The van der Waals surface area contributed by atoms with Crippen LogP contribution in [0.5, 0.6) is 0 Å². The van der Waals surface area contributed by atoms with Crippen LogP contribution >= 0.6 is 0 Å². The van der Waals surface area contributed by atoms with Gasteiger partial charge in [0.15, 0.2) is 0 Å². The molecule has 28 heavy (non-hydrogen) atoms. The highest BCUT2D eigenvalue weighted by atomic mass is 16.2. The lowest BCUT2D eigenvalue weighted by molar-refractivity contribution is 0.0698. The van der Waals surface area contributed by atoms with Gasteiger partial charge in [0.25, 0.3) is 5.91 Å². The number of imidazole rings is 1. The molecular formula is C22H29N5O. The molecule has 3 aromatic rings. The Labute approximate surface area is 166 Å². The van der Waals surface area contributed by atoms with Gasteiger partial charge in [-0.25, -0.2) is 4.98 Å². The lowest BCUT2D eigenvalue weighted by Crippen LogP contribution is -2.40. The maximum atomic E-state index is 13.1. The van der Waals surface area contributed by atoms with Gasteiger partial charge in [0, 0.05) is 48.8 Å². The molecular weight excluding hydrogens is 350 g/mol. The smallest absolute Gasteiger partial charge is 0.270 e. The highest BCUT2D eigenvalue weighted by molar-refractivity contribution is 5.98. The lowest BCUT2D eigenvalue weighted by Gasteiger charge is -2.32. The van der Waals surface area contributed by atoms with Crippen LogP contribution in [-0.4, -0.2) is 64.0 Å². The molecule has 1 atom stereocenters. The number of hydrogen-bond acceptors (Lipinski definition) is 3. The molecule has 0 aliphatic carbocycles. The molecule has 1 saturated heterocycles. The van der Waals surface area contributed by atoms with E-state index in [1.807, 2.05) is 41.4 Å². The number of aryl methyl sites for hydroxylation is 1. The number of rotatable bonds is 6. The maximum Gasteiger partial charge on any atom is 0.270 e. The first-order chi connectivity index (χ1) is 13.6. The molecule has 4 rings (SSSR count). The molecule has 148 valence electrons. The van der Waals surface area contributed by atoms with E-state index in [-0.39, 0.29) is 5.91 Å². The summed E-state index contributed by atoms with van der Waals surface area (Å²) in [7, 11) is 4.20. The fourth-order valence-corrected chi connectivity index (χ4v) is 4.16. The van der Waals surface area contributed by atoms with E-state index < -0.39 is 0 Å². The Bertz CT molecular complexity index is 908. The van der Waals surface area contributed by atoms with Gasteiger partial charge in [-0.15, -0.1) is 0 Å². The monoisotopic (exact) mass is 379 g/mol. The Kier molecular flexibility index (Phi) is 5.48. The van der Waals surface area contributed by atoms with Crippen LogP contribution in [0.15, 0.2) is 42.7 Å². The van der Waals surface area contributed by atoms with E-state index in [0.29, 0.717) is 11.6 Å². The van der Waals surface area contributed by atoms with Crippen molar-refractivity contribution in [2.75, 3.05) is 33.7 Å². The van der Waals surface area contributed by atoms with E-state index in [0.717, 1.165) is 62.2 Å². The number of benzene rings is 1. The molecule has 1 fully saturated rings. The van der Waals surface area contributed by atoms with Gasteiger partial charge in [-0.05, 0) is 52.0 Å². The van der Waals surface area contributed by atoms with E-state index in [1.165, 1.54) is 0 Å². The summed E-state index contributed by atoms with van der Waals surface area (Å²) in [6.45, 7) is 3.58. The molecule has 1 aliphatic heterocycles. The fraction of sp³-hybridized carbons (Fsp3) is 0.455. The minimum absolute atomic E-state index is 0.0895. The van der Waals surface area contributed by atoms with Crippen molar-refractivity contribution in [3.05, 3.63) is 54.2 Å². The average molecular weight is 380 g/mol. The van der Waals surface area contributed by atoms with Gasteiger partial charge >= 0.3 is 0 Å². The zero-order chi connectivity index (χ0) is 19.5. The molecule has 1 aliphatic rings. The van der Waals surface area contributed by atoms with Crippen LogP contribution in [0.2, 0.25) is 0 Å². The highest BCUT2D eigenvalue weighted by Gasteiger charge is 2.28. The minimum Gasteiger partial charge on any atom is -0.351 e. The van der Waals surface area contributed by atoms with Crippen molar-refractivity contribution in [2.24, 2.45) is 0 Å². The highest BCUT2D eigenvalue weighted by Crippen LogP contribution is 2.27. The summed E-state index contributed by atoms with van der Waals surface area (Å²) in [6, 6.07) is 9.99. The van der Waals surface area contributed by atoms with Gasteiger partial charge in [0.1, 0.15) is 11.5 Å². The molecule has 0 radical (unpaired) electrons. The summed E-state index contributed by atoms with van der Waals surface area (Å²) >= 11 is 0. The van der Waals surface area contributed by atoms with Crippen LogP contribution in [0.25, 0.3) is 10.9 Å². The minimum atomic E-state index is 0.0895. The van der Waals surface area contributed by atoms with Crippen LogP contribution in [0.1, 0.15) is 41.5 Å². The SMILES string of the molecule is CN(C)CCCn1ccnc1[C@H]1CCCN(C(=O)c2cc3ccccc3[nH]2)C1. The number of hydrogen-bond donors (Lipinski definition) is 1. The van der Waals surface area contributed by atoms with Crippen molar-refractivity contribution in [1.82, 2.24) is 24.3 Å². The second kappa shape index (κ2) is 8.19. The molecule has 0 spiro atoms. The third kappa shape index (κ3) is 3.97. The molecule has 3 heterocycles. The number of carbonyl (C=O) groups excluding carboxylic acids is 1. The normalized spacial score (nSPS) is 17.5. The van der Waals surface area contributed by atoms with E-state index in [2.05, 4.69) is 39.7 Å². The number of piperidine rings is 1. The molecule has 6 nitrogen and oxygen atoms in total. The Morgan fingerprint density at radius 1 is 1.32 bits per heavy atom. The number of H-pyrrole nitrogens is 1. The van der Waals surface area contributed by atoms with E-state index in [1.54, 1.807) is 0 Å². The van der Waals surface area contributed by atoms with Gasteiger partial charge < -0.3 is 19.4 Å². The van der Waals surface area contributed by atoms with Crippen LogP contribution in [0.4, 0.5) is 0 Å². The first kappa shape index (κ1) is 18.7. The number of aromatic nitrogens is 3. The summed E-state index contributed by atoms with van der Waals surface area (Å²) in [5.74, 6) is 1.51. The Morgan fingerprint density at radius 3 is 3.00 bits per heavy atom. The summed E-state index contributed by atoms with van der Waals surface area (Å²) in [5.41, 5.74) is 1.69. The van der Waals surface area contributed by atoms with Crippen molar-refractivity contribution in [1.29, 1.82) is 0 Å². The van der Waals surface area contributed by atoms with E-state index in [4.69, 9.17) is 0 Å². The second-order valence-electron chi connectivity index (χ2n) is 8.00. The number of likely N-dealkylation sites (tertiary alicyclic amines) is 1. The summed E-state index contributed by atoms with van der Waals surface area (Å²) in [5, 5.41) is 1.08. The molecule has 0 unspecified atom stereocenters. The van der Waals surface area contributed by atoms with Gasteiger partial charge in [-0.1, -0.05) is 18.2 Å². The Hall–Kier alpha value is -2.60. The third-order valence-electron chi connectivity index (χ3n) is 5.59. The quantitative estimate of drug-likeness (QED) is 0.715. The van der Waals surface area contributed by atoms with Gasteiger partial charge in [-0.2, -0.15) is 0 Å². The van der Waals surface area contributed by atoms with Crippen LogP contribution in [0.3, 0.4) is 0 Å². The third-order valence-corrected chi connectivity index (χ3v) is 5.59. The Morgan fingerprint density at radius 2 is 2.18 bits per heavy atom. The number of nitrogens with zero attached hydrogens (tertiary/aromatic N) is 4. The fourth-order valence-electron chi connectivity index (χ4n) is 4.16. The summed E-state index contributed by atoms with van der Waals surface area (Å²) < 4.78 is 2.27. The predicted octanol–water partition coefficient (Wildman–Crippen LogP) is 3.34. The second-order valence-corrected chi connectivity index (χ2v) is 8.00. The average Bonchev–Trinajstić information content (AvgIpc) is 3.34. The molecule has 1 amide bonds. The van der Waals surface area contributed by atoms with Crippen LogP contribution in [0, 0.1) is 0 Å². The van der Waals surface area contributed by atoms with E-state index in [9.17, 15) is 4.79 Å². The number of aromatic amines is 1. The zero-order valence-electron chi connectivity index (χ0n) is 16.8. The largest absolute Gasteiger partial charge is 0.351 e. The summed E-state index contributed by atoms with van der Waals surface area (Å²) in [6.07, 6.45) is 7.16. The lowest BCUT2D eigenvalue weighted by atomic mass is 9.96. The van der Waals surface area contributed by atoms with Crippen molar-refractivity contribution in [2.45, 2.75) is 31.7 Å². The van der Waals surface area contributed by atoms with Gasteiger partial charge in [-0.3, -0.25) is 4.79 Å². The van der Waals surface area contributed by atoms with Gasteiger partial charge in [0.2, 0.25) is 0 Å². The topological polar surface area (TPSA) is 57.2 Å². The number of fused-ring (bicyclic) bond motifs is 1. The summed E-state index contributed by atoms with van der Waals surface area (Å²) in [4.78, 5) is 25.2. The predicted molar refractivity (Wildman–Crippen MR) is 112 cm³/mol. The zero-order valence-corrected chi connectivity index (χ0v) is 16.8. The number of para-hydroxylation sites is 1. The molecule has 6 heteroatoms. The first-order valence-electron chi connectivity index (χ1n) is 10.1. The molecule has 0 saturated carbocycles. The van der Waals surface area contributed by atoms with Crippen LogP contribution < -0.4 is 0 Å². The Balaban J connectivity index is 1.46. The van der Waals surface area contributed by atoms with E-state index >= 15 is 0 Å². The van der Waals surface area contributed by atoms with Crippen LogP contribution in [-0.2, 0) is 6.54 Å². The van der Waals surface area contributed by atoms with Crippen molar-refractivity contribution in [3.8, 4) is 0 Å². The number of nitrogens with one attached hydrogen (secondary N) is 1. The van der Waals surface area contributed by atoms with Crippen molar-refractivity contribution in [3.63, 3.8) is 0 Å².